The quantitative estimate of drug-likeness (QED) is 0.827. The summed E-state index contributed by atoms with van der Waals surface area (Å²) in [6, 6.07) is 9.16. The average Bonchev–Trinajstić information content (AvgIpc) is 2.78. The van der Waals surface area contributed by atoms with Crippen LogP contribution < -0.4 is 9.47 Å². The summed E-state index contributed by atoms with van der Waals surface area (Å²) in [4.78, 5) is 0. The highest BCUT2D eigenvalue weighted by atomic mass is 35.5. The van der Waals surface area contributed by atoms with Gasteiger partial charge in [-0.1, -0.05) is 18.5 Å². The molecule has 0 aliphatic carbocycles. The predicted octanol–water partition coefficient (Wildman–Crippen LogP) is 4.25. The van der Waals surface area contributed by atoms with Gasteiger partial charge in [-0.3, -0.25) is 0 Å². The molecule has 0 bridgehead atoms. The number of hydrogen-bond acceptors (Lipinski definition) is 5. The van der Waals surface area contributed by atoms with Crippen molar-refractivity contribution in [1.29, 1.82) is 5.26 Å². The van der Waals surface area contributed by atoms with Gasteiger partial charge in [0.1, 0.15) is 23.1 Å². The number of benzene rings is 1. The summed E-state index contributed by atoms with van der Waals surface area (Å²) in [5.41, 5.74) is 0.262. The summed E-state index contributed by atoms with van der Waals surface area (Å²) < 4.78 is 14.9. The van der Waals surface area contributed by atoms with Crippen molar-refractivity contribution in [1.82, 2.24) is 4.37 Å². The van der Waals surface area contributed by atoms with Crippen molar-refractivity contribution in [3.63, 3.8) is 0 Å². The van der Waals surface area contributed by atoms with E-state index in [0.717, 1.165) is 23.7 Å². The standard InChI is InChI=1S/C13H11ClN2O2S/c1-2-7-17-9-3-5-10(6-4-9)18-13-11(8-15)12(14)16-19-13/h3-6H,2,7H2,1H3. The van der Waals surface area contributed by atoms with Gasteiger partial charge in [0.05, 0.1) is 6.61 Å². The SMILES string of the molecule is CCCOc1ccc(Oc2snc(Cl)c2C#N)cc1. The fourth-order valence-corrected chi connectivity index (χ4v) is 2.26. The summed E-state index contributed by atoms with van der Waals surface area (Å²) in [6.45, 7) is 2.73. The minimum Gasteiger partial charge on any atom is -0.494 e. The van der Waals surface area contributed by atoms with E-state index in [1.54, 1.807) is 12.1 Å². The van der Waals surface area contributed by atoms with Crippen molar-refractivity contribution in [2.45, 2.75) is 13.3 Å². The van der Waals surface area contributed by atoms with E-state index >= 15 is 0 Å². The highest BCUT2D eigenvalue weighted by Crippen LogP contribution is 2.34. The van der Waals surface area contributed by atoms with Gasteiger partial charge in [0, 0.05) is 11.5 Å². The van der Waals surface area contributed by atoms with Crippen LogP contribution in [0.15, 0.2) is 24.3 Å². The molecule has 0 aliphatic heterocycles. The smallest absolute Gasteiger partial charge is 0.219 e. The first-order valence-electron chi connectivity index (χ1n) is 5.70. The highest BCUT2D eigenvalue weighted by Gasteiger charge is 2.13. The summed E-state index contributed by atoms with van der Waals surface area (Å²) in [6.07, 6.45) is 0.961. The van der Waals surface area contributed by atoms with Crippen molar-refractivity contribution < 1.29 is 9.47 Å². The normalized spacial score (nSPS) is 9.95. The Labute approximate surface area is 120 Å². The second-order valence-corrected chi connectivity index (χ2v) is 4.76. The van der Waals surface area contributed by atoms with E-state index in [0.29, 0.717) is 17.4 Å². The maximum atomic E-state index is 8.94. The minimum absolute atomic E-state index is 0.172. The van der Waals surface area contributed by atoms with Crippen LogP contribution in [0.5, 0.6) is 16.6 Å². The molecule has 0 saturated carbocycles. The fraction of sp³-hybridized carbons (Fsp3) is 0.231. The molecule has 0 spiro atoms. The lowest BCUT2D eigenvalue weighted by atomic mass is 10.3. The van der Waals surface area contributed by atoms with Crippen molar-refractivity contribution in [2.75, 3.05) is 6.61 Å². The van der Waals surface area contributed by atoms with Gasteiger partial charge < -0.3 is 9.47 Å². The van der Waals surface area contributed by atoms with Gasteiger partial charge >= 0.3 is 0 Å². The molecule has 0 atom stereocenters. The number of aromatic nitrogens is 1. The molecule has 4 nitrogen and oxygen atoms in total. The van der Waals surface area contributed by atoms with Crippen LogP contribution in [0.1, 0.15) is 18.9 Å². The van der Waals surface area contributed by atoms with Crippen LogP contribution in [0, 0.1) is 11.3 Å². The number of halogens is 1. The van der Waals surface area contributed by atoms with Gasteiger partial charge in [-0.2, -0.15) is 9.64 Å². The molecule has 19 heavy (non-hydrogen) atoms. The second kappa shape index (κ2) is 6.41. The first-order chi connectivity index (χ1) is 9.24. The summed E-state index contributed by atoms with van der Waals surface area (Å²) in [5, 5.41) is 9.51. The molecular weight excluding hydrogens is 284 g/mol. The van der Waals surface area contributed by atoms with E-state index in [-0.39, 0.29) is 10.7 Å². The maximum Gasteiger partial charge on any atom is 0.219 e. The van der Waals surface area contributed by atoms with Gasteiger partial charge in [-0.15, -0.1) is 0 Å². The van der Waals surface area contributed by atoms with E-state index < -0.39 is 0 Å². The summed E-state index contributed by atoms with van der Waals surface area (Å²) >= 11 is 6.83. The fourth-order valence-electron chi connectivity index (χ4n) is 1.35. The molecule has 0 N–H and O–H groups in total. The molecule has 2 aromatic rings. The maximum absolute atomic E-state index is 8.94. The first-order valence-corrected chi connectivity index (χ1v) is 6.85. The van der Waals surface area contributed by atoms with Crippen LogP contribution >= 0.6 is 23.1 Å². The summed E-state index contributed by atoms with van der Waals surface area (Å²) in [7, 11) is 0. The second-order valence-electron chi connectivity index (χ2n) is 3.67. The Balaban J connectivity index is 2.09. The third-order valence-electron chi connectivity index (χ3n) is 2.24. The van der Waals surface area contributed by atoms with Crippen LogP contribution in [-0.4, -0.2) is 11.0 Å². The largest absolute Gasteiger partial charge is 0.494 e. The number of nitriles is 1. The molecule has 0 radical (unpaired) electrons. The van der Waals surface area contributed by atoms with Crippen molar-refractivity contribution in [3.8, 4) is 22.6 Å². The van der Waals surface area contributed by atoms with Crippen LogP contribution in [0.4, 0.5) is 0 Å². The Morgan fingerprint density at radius 3 is 2.63 bits per heavy atom. The van der Waals surface area contributed by atoms with E-state index in [1.807, 2.05) is 18.2 Å². The van der Waals surface area contributed by atoms with Crippen LogP contribution in [0.2, 0.25) is 5.15 Å². The van der Waals surface area contributed by atoms with Gasteiger partial charge in [-0.05, 0) is 30.7 Å². The van der Waals surface area contributed by atoms with Gasteiger partial charge in [0.15, 0.2) is 5.15 Å². The Morgan fingerprint density at radius 1 is 1.32 bits per heavy atom. The van der Waals surface area contributed by atoms with Crippen molar-refractivity contribution >= 4 is 23.1 Å². The summed E-state index contributed by atoms with van der Waals surface area (Å²) in [5.74, 6) is 1.40. The van der Waals surface area contributed by atoms with Crippen LogP contribution in [0.25, 0.3) is 0 Å². The predicted molar refractivity (Wildman–Crippen MR) is 74.1 cm³/mol. The topological polar surface area (TPSA) is 55.1 Å². The van der Waals surface area contributed by atoms with E-state index in [1.165, 1.54) is 0 Å². The van der Waals surface area contributed by atoms with Gasteiger partial charge in [0.2, 0.25) is 5.06 Å². The third-order valence-corrected chi connectivity index (χ3v) is 3.34. The molecule has 2 rings (SSSR count). The average molecular weight is 295 g/mol. The molecule has 0 fully saturated rings. The van der Waals surface area contributed by atoms with Crippen molar-refractivity contribution in [2.24, 2.45) is 0 Å². The Bertz CT molecular complexity index is 590. The molecule has 1 aromatic heterocycles. The van der Waals surface area contributed by atoms with E-state index in [2.05, 4.69) is 11.3 Å². The van der Waals surface area contributed by atoms with E-state index in [4.69, 9.17) is 26.3 Å². The Hall–Kier alpha value is -1.77. The number of nitrogens with zero attached hydrogens (tertiary/aromatic N) is 2. The highest BCUT2D eigenvalue weighted by molar-refractivity contribution is 7.08. The monoisotopic (exact) mass is 294 g/mol. The van der Waals surface area contributed by atoms with Gasteiger partial charge in [-0.25, -0.2) is 0 Å². The minimum atomic E-state index is 0.172. The molecule has 0 aliphatic rings. The zero-order valence-corrected chi connectivity index (χ0v) is 11.8. The number of rotatable bonds is 5. The first kappa shape index (κ1) is 13.7. The van der Waals surface area contributed by atoms with Crippen LogP contribution in [-0.2, 0) is 0 Å². The third kappa shape index (κ3) is 3.37. The molecule has 6 heteroatoms. The molecule has 0 saturated heterocycles. The number of ether oxygens (including phenoxy) is 2. The lowest BCUT2D eigenvalue weighted by Gasteiger charge is -2.06. The molecular formula is C13H11ClN2O2S. The zero-order chi connectivity index (χ0) is 13.7. The molecule has 0 amide bonds. The molecule has 1 heterocycles. The van der Waals surface area contributed by atoms with E-state index in [9.17, 15) is 0 Å². The van der Waals surface area contributed by atoms with Gasteiger partial charge in [0.25, 0.3) is 0 Å². The lowest BCUT2D eigenvalue weighted by molar-refractivity contribution is 0.317. The zero-order valence-electron chi connectivity index (χ0n) is 10.2. The Kier molecular flexibility index (Phi) is 4.61. The Morgan fingerprint density at radius 2 is 2.00 bits per heavy atom. The number of hydrogen-bond donors (Lipinski definition) is 0. The van der Waals surface area contributed by atoms with Crippen molar-refractivity contribution in [3.05, 3.63) is 35.0 Å². The molecule has 1 aromatic carbocycles. The van der Waals surface area contributed by atoms with Crippen LogP contribution in [0.3, 0.4) is 0 Å². The molecule has 0 unspecified atom stereocenters. The molecule has 98 valence electrons. The lowest BCUT2D eigenvalue weighted by Crippen LogP contribution is -1.94.